The van der Waals surface area contributed by atoms with Crippen LogP contribution in [0.3, 0.4) is 0 Å². The highest BCUT2D eigenvalue weighted by molar-refractivity contribution is 5.50. The lowest BCUT2D eigenvalue weighted by atomic mass is 9.78. The Labute approximate surface area is 226 Å². The lowest BCUT2D eigenvalue weighted by Gasteiger charge is -2.31. The van der Waals surface area contributed by atoms with Gasteiger partial charge in [0.25, 0.3) is 0 Å². The third kappa shape index (κ3) is 7.97. The summed E-state index contributed by atoms with van der Waals surface area (Å²) in [5.41, 5.74) is 5.55. The largest absolute Gasteiger partial charge is 0.507 e. The van der Waals surface area contributed by atoms with E-state index < -0.39 is 0 Å². The summed E-state index contributed by atoms with van der Waals surface area (Å²) in [6, 6.07) is 8.54. The molecule has 0 aliphatic carbocycles. The molecule has 0 aliphatic rings. The minimum atomic E-state index is -0.197. The Hall–Kier alpha value is -2.04. The van der Waals surface area contributed by atoms with E-state index in [9.17, 15) is 15.3 Å². The van der Waals surface area contributed by atoms with E-state index in [-0.39, 0.29) is 28.3 Å². The number of aliphatic hydroxyl groups is 1. The highest BCUT2D eigenvalue weighted by atomic mass is 16.3. The second-order valence-electron chi connectivity index (χ2n) is 14.9. The number of phenols is 2. The molecule has 2 aromatic rings. The Morgan fingerprint density at radius 3 is 1.19 bits per heavy atom. The Morgan fingerprint density at radius 1 is 0.568 bits per heavy atom. The molecular formula is C33H53NO3. The Bertz CT molecular complexity index is 990. The molecule has 4 nitrogen and oxygen atoms in total. The maximum Gasteiger partial charge on any atom is 0.123 e. The summed E-state index contributed by atoms with van der Waals surface area (Å²) in [6.07, 6.45) is 0.623. The summed E-state index contributed by atoms with van der Waals surface area (Å²) in [5.74, 6) is 0.690. The van der Waals surface area contributed by atoms with Gasteiger partial charge in [0.05, 0.1) is 0 Å². The van der Waals surface area contributed by atoms with Crippen molar-refractivity contribution in [2.24, 2.45) is 0 Å². The maximum atomic E-state index is 11.4. The molecule has 2 rings (SSSR count). The van der Waals surface area contributed by atoms with E-state index in [2.05, 4.69) is 112 Å². The second kappa shape index (κ2) is 11.0. The molecule has 37 heavy (non-hydrogen) atoms. The molecule has 0 amide bonds. The molecule has 0 heterocycles. The minimum absolute atomic E-state index is 0.0563. The fourth-order valence-corrected chi connectivity index (χ4v) is 4.63. The van der Waals surface area contributed by atoms with Crippen molar-refractivity contribution in [3.63, 3.8) is 0 Å². The number of nitrogens with zero attached hydrogens (tertiary/aromatic N) is 1. The van der Waals surface area contributed by atoms with Gasteiger partial charge in [-0.15, -0.1) is 0 Å². The van der Waals surface area contributed by atoms with Crippen molar-refractivity contribution >= 4 is 0 Å². The molecule has 0 saturated carbocycles. The number of hydrogen-bond donors (Lipinski definition) is 3. The van der Waals surface area contributed by atoms with Crippen LogP contribution in [0.1, 0.15) is 123 Å². The molecule has 0 aliphatic heterocycles. The van der Waals surface area contributed by atoms with Gasteiger partial charge in [-0.1, -0.05) is 107 Å². The molecule has 208 valence electrons. The molecule has 0 atom stereocenters. The zero-order chi connectivity index (χ0) is 28.6. The predicted molar refractivity (Wildman–Crippen MR) is 157 cm³/mol. The SMILES string of the molecule is CC(C)(C)c1cc(CN(CCCO)Cc2cc(C(C)(C)C)cc(C(C)(C)C)c2O)c(O)c(C(C)(C)C)c1. The smallest absolute Gasteiger partial charge is 0.123 e. The van der Waals surface area contributed by atoms with Crippen LogP contribution in [-0.2, 0) is 34.7 Å². The lowest BCUT2D eigenvalue weighted by Crippen LogP contribution is -2.27. The molecule has 0 radical (unpaired) electrons. The summed E-state index contributed by atoms with van der Waals surface area (Å²) >= 11 is 0. The topological polar surface area (TPSA) is 63.9 Å². The molecule has 3 N–H and O–H groups in total. The van der Waals surface area contributed by atoms with Gasteiger partial charge in [0.1, 0.15) is 11.5 Å². The molecule has 0 spiro atoms. The second-order valence-corrected chi connectivity index (χ2v) is 14.9. The summed E-state index contributed by atoms with van der Waals surface area (Å²) in [5, 5.41) is 32.4. The van der Waals surface area contributed by atoms with Gasteiger partial charge in [-0.2, -0.15) is 0 Å². The monoisotopic (exact) mass is 511 g/mol. The van der Waals surface area contributed by atoms with Crippen LogP contribution in [0.4, 0.5) is 0 Å². The summed E-state index contributed by atoms with van der Waals surface area (Å²) in [6.45, 7) is 27.8. The van der Waals surface area contributed by atoms with Gasteiger partial charge in [0.15, 0.2) is 0 Å². The van der Waals surface area contributed by atoms with Gasteiger partial charge in [-0.25, -0.2) is 0 Å². The Kier molecular flexibility index (Phi) is 9.25. The predicted octanol–water partition coefficient (Wildman–Crippen LogP) is 7.67. The first kappa shape index (κ1) is 31.2. The van der Waals surface area contributed by atoms with Crippen LogP contribution < -0.4 is 0 Å². The summed E-state index contributed by atoms with van der Waals surface area (Å²) < 4.78 is 0. The van der Waals surface area contributed by atoms with Crippen molar-refractivity contribution in [3.8, 4) is 11.5 Å². The van der Waals surface area contributed by atoms with E-state index in [1.807, 2.05) is 0 Å². The van der Waals surface area contributed by atoms with Gasteiger partial charge >= 0.3 is 0 Å². The van der Waals surface area contributed by atoms with Crippen molar-refractivity contribution in [3.05, 3.63) is 57.6 Å². The van der Waals surface area contributed by atoms with Crippen molar-refractivity contribution in [2.45, 2.75) is 124 Å². The van der Waals surface area contributed by atoms with Gasteiger partial charge in [-0.05, 0) is 50.3 Å². The summed E-state index contributed by atoms with van der Waals surface area (Å²) in [7, 11) is 0. The molecular weight excluding hydrogens is 458 g/mol. The van der Waals surface area contributed by atoms with E-state index in [1.165, 1.54) is 11.1 Å². The van der Waals surface area contributed by atoms with E-state index in [1.54, 1.807) is 0 Å². The summed E-state index contributed by atoms with van der Waals surface area (Å²) in [4.78, 5) is 2.23. The zero-order valence-electron chi connectivity index (χ0n) is 25.6. The highest BCUT2D eigenvalue weighted by Gasteiger charge is 2.28. The number of rotatable bonds is 7. The standard InChI is InChI=1S/C33H53NO3/c1-30(2,3)24-16-22(28(36)26(18-24)32(7,8)9)20-34(14-13-15-35)21-23-17-25(31(4,5)6)19-27(29(23)37)33(10,11)12/h16-19,35-37H,13-15,20-21H2,1-12H3. The lowest BCUT2D eigenvalue weighted by molar-refractivity contribution is 0.209. The van der Waals surface area contributed by atoms with Crippen LogP contribution in [0.15, 0.2) is 24.3 Å². The van der Waals surface area contributed by atoms with Crippen LogP contribution in [-0.4, -0.2) is 33.4 Å². The molecule has 0 saturated heterocycles. The fourth-order valence-electron chi connectivity index (χ4n) is 4.63. The van der Waals surface area contributed by atoms with Gasteiger partial charge < -0.3 is 15.3 Å². The zero-order valence-corrected chi connectivity index (χ0v) is 25.6. The average Bonchev–Trinajstić information content (AvgIpc) is 2.71. The van der Waals surface area contributed by atoms with Gasteiger partial charge in [0.2, 0.25) is 0 Å². The molecule has 2 aromatic carbocycles. The van der Waals surface area contributed by atoms with Crippen LogP contribution in [0.2, 0.25) is 0 Å². The molecule has 0 bridgehead atoms. The van der Waals surface area contributed by atoms with Crippen molar-refractivity contribution in [2.75, 3.05) is 13.2 Å². The molecule has 0 unspecified atom stereocenters. The first-order valence-electron chi connectivity index (χ1n) is 13.7. The van der Waals surface area contributed by atoms with Crippen LogP contribution in [0, 0.1) is 0 Å². The van der Waals surface area contributed by atoms with Crippen LogP contribution >= 0.6 is 0 Å². The van der Waals surface area contributed by atoms with Crippen molar-refractivity contribution < 1.29 is 15.3 Å². The van der Waals surface area contributed by atoms with E-state index in [4.69, 9.17) is 0 Å². The van der Waals surface area contributed by atoms with E-state index in [0.29, 0.717) is 37.6 Å². The number of aliphatic hydroxyl groups excluding tert-OH is 1. The van der Waals surface area contributed by atoms with Crippen molar-refractivity contribution in [1.29, 1.82) is 0 Å². The maximum absolute atomic E-state index is 11.4. The third-order valence-corrected chi connectivity index (χ3v) is 7.15. The first-order valence-corrected chi connectivity index (χ1v) is 13.7. The van der Waals surface area contributed by atoms with Gasteiger partial charge in [-0.3, -0.25) is 4.90 Å². The first-order chi connectivity index (χ1) is 16.7. The molecule has 4 heteroatoms. The Balaban J connectivity index is 2.63. The number of phenolic OH excluding ortho intramolecular Hbond substituents is 2. The molecule has 0 aromatic heterocycles. The van der Waals surface area contributed by atoms with Crippen LogP contribution in [0.5, 0.6) is 11.5 Å². The van der Waals surface area contributed by atoms with Crippen molar-refractivity contribution in [1.82, 2.24) is 4.90 Å². The third-order valence-electron chi connectivity index (χ3n) is 7.15. The number of benzene rings is 2. The fraction of sp³-hybridized carbons (Fsp3) is 0.636. The number of aromatic hydroxyl groups is 2. The highest BCUT2D eigenvalue weighted by Crippen LogP contribution is 2.40. The number of hydrogen-bond acceptors (Lipinski definition) is 4. The molecule has 0 fully saturated rings. The van der Waals surface area contributed by atoms with E-state index in [0.717, 1.165) is 22.3 Å². The van der Waals surface area contributed by atoms with Gasteiger partial charge in [0, 0.05) is 37.4 Å². The van der Waals surface area contributed by atoms with Crippen LogP contribution in [0.25, 0.3) is 0 Å². The average molecular weight is 512 g/mol. The minimum Gasteiger partial charge on any atom is -0.507 e. The normalized spacial score (nSPS) is 13.5. The Morgan fingerprint density at radius 2 is 0.919 bits per heavy atom. The quantitative estimate of drug-likeness (QED) is 0.357. The van der Waals surface area contributed by atoms with E-state index >= 15 is 0 Å².